The molecule has 2 aromatic rings. The van der Waals surface area contributed by atoms with Crippen LogP contribution in [0.2, 0.25) is 0 Å². The van der Waals surface area contributed by atoms with Crippen molar-refractivity contribution in [1.82, 2.24) is 15.5 Å². The molecule has 2 N–H and O–H groups in total. The first-order valence-electron chi connectivity index (χ1n) is 12.9. The quantitative estimate of drug-likeness (QED) is 0.534. The topological polar surface area (TPSA) is 87.7 Å². The van der Waals surface area contributed by atoms with E-state index in [4.69, 9.17) is 4.74 Å². The number of rotatable bonds is 10. The largest absolute Gasteiger partial charge is 0.366 e. The summed E-state index contributed by atoms with van der Waals surface area (Å²) >= 11 is 0. The van der Waals surface area contributed by atoms with Crippen LogP contribution >= 0.6 is 0 Å². The number of ketones is 1. The van der Waals surface area contributed by atoms with Crippen molar-refractivity contribution in [3.63, 3.8) is 0 Å². The molecule has 2 saturated heterocycles. The summed E-state index contributed by atoms with van der Waals surface area (Å²) < 4.78 is 5.76. The van der Waals surface area contributed by atoms with E-state index in [1.54, 1.807) is 24.3 Å². The van der Waals surface area contributed by atoms with Gasteiger partial charge in [0.25, 0.3) is 5.91 Å². The van der Waals surface area contributed by atoms with E-state index in [2.05, 4.69) is 41.5 Å². The van der Waals surface area contributed by atoms with Gasteiger partial charge in [-0.2, -0.15) is 0 Å². The number of carbonyl (C=O) groups is 3. The molecule has 2 fully saturated rings. The Balaban J connectivity index is 1.48. The van der Waals surface area contributed by atoms with Crippen molar-refractivity contribution in [2.45, 2.75) is 57.7 Å². The SMILES string of the molecule is CC(C)(Cc1ccccc1)C[C@H](NC(=O)c1ccccc1)C(=O)NC1C(=O)COC1CN1CCCC1. The first-order valence-corrected chi connectivity index (χ1v) is 12.9. The molecule has 0 saturated carbocycles. The number of hydrogen-bond acceptors (Lipinski definition) is 5. The maximum Gasteiger partial charge on any atom is 0.251 e. The van der Waals surface area contributed by atoms with Crippen molar-refractivity contribution in [2.24, 2.45) is 5.41 Å². The van der Waals surface area contributed by atoms with E-state index < -0.39 is 12.1 Å². The summed E-state index contributed by atoms with van der Waals surface area (Å²) in [6, 6.07) is 17.5. The van der Waals surface area contributed by atoms with Crippen LogP contribution < -0.4 is 10.6 Å². The van der Waals surface area contributed by atoms with Crippen LogP contribution in [-0.4, -0.2) is 66.9 Å². The third-order valence-electron chi connectivity index (χ3n) is 7.03. The number of nitrogens with zero attached hydrogens (tertiary/aromatic N) is 1. The van der Waals surface area contributed by atoms with Crippen LogP contribution in [0.4, 0.5) is 0 Å². The van der Waals surface area contributed by atoms with E-state index in [0.717, 1.165) is 32.4 Å². The molecule has 0 spiro atoms. The Hall–Kier alpha value is -3.03. The van der Waals surface area contributed by atoms with Crippen LogP contribution in [-0.2, 0) is 20.7 Å². The van der Waals surface area contributed by atoms with E-state index in [0.29, 0.717) is 18.5 Å². The molecule has 0 radical (unpaired) electrons. The Kier molecular flexibility index (Phi) is 8.54. The van der Waals surface area contributed by atoms with Gasteiger partial charge in [0, 0.05) is 12.1 Å². The Morgan fingerprint density at radius 2 is 1.67 bits per heavy atom. The fraction of sp³-hybridized carbons (Fsp3) is 0.483. The summed E-state index contributed by atoms with van der Waals surface area (Å²) in [5, 5.41) is 5.88. The summed E-state index contributed by atoms with van der Waals surface area (Å²) in [7, 11) is 0. The molecule has 7 nitrogen and oxygen atoms in total. The zero-order valence-corrected chi connectivity index (χ0v) is 21.2. The summed E-state index contributed by atoms with van der Waals surface area (Å²) in [5.41, 5.74) is 1.38. The molecule has 2 unspecified atom stereocenters. The smallest absolute Gasteiger partial charge is 0.251 e. The average molecular weight is 492 g/mol. The molecule has 4 rings (SSSR count). The van der Waals surface area contributed by atoms with Crippen LogP contribution in [0.5, 0.6) is 0 Å². The van der Waals surface area contributed by atoms with E-state index in [-0.39, 0.29) is 35.7 Å². The zero-order chi connectivity index (χ0) is 25.5. The van der Waals surface area contributed by atoms with Gasteiger partial charge in [0.05, 0.1) is 6.10 Å². The first kappa shape index (κ1) is 26.0. The highest BCUT2D eigenvalue weighted by molar-refractivity contribution is 5.99. The van der Waals surface area contributed by atoms with Crippen molar-refractivity contribution in [1.29, 1.82) is 0 Å². The number of amides is 2. The maximum atomic E-state index is 13.6. The first-order chi connectivity index (χ1) is 17.3. The number of benzene rings is 2. The van der Waals surface area contributed by atoms with Gasteiger partial charge in [0.2, 0.25) is 5.91 Å². The molecule has 0 bridgehead atoms. The van der Waals surface area contributed by atoms with Crippen LogP contribution in [0.15, 0.2) is 60.7 Å². The fourth-order valence-electron chi connectivity index (χ4n) is 5.20. The molecular formula is C29H37N3O4. The fourth-order valence-corrected chi connectivity index (χ4v) is 5.20. The predicted octanol–water partition coefficient (Wildman–Crippen LogP) is 2.99. The van der Waals surface area contributed by atoms with Crippen LogP contribution in [0, 0.1) is 5.41 Å². The van der Waals surface area contributed by atoms with Crippen molar-refractivity contribution in [3.05, 3.63) is 71.8 Å². The number of carbonyl (C=O) groups excluding carboxylic acids is 3. The van der Waals surface area contributed by atoms with E-state index in [1.165, 1.54) is 5.56 Å². The van der Waals surface area contributed by atoms with Gasteiger partial charge in [-0.3, -0.25) is 14.4 Å². The summed E-state index contributed by atoms with van der Waals surface area (Å²) in [5.74, 6) is -0.784. The van der Waals surface area contributed by atoms with Gasteiger partial charge < -0.3 is 20.3 Å². The van der Waals surface area contributed by atoms with Crippen molar-refractivity contribution in [3.8, 4) is 0 Å². The lowest BCUT2D eigenvalue weighted by Crippen LogP contribution is -2.55. The number of Topliss-reactive ketones (excluding diaryl/α,β-unsaturated/α-hetero) is 1. The van der Waals surface area contributed by atoms with Gasteiger partial charge >= 0.3 is 0 Å². The minimum atomic E-state index is -0.794. The second-order valence-corrected chi connectivity index (χ2v) is 10.7. The van der Waals surface area contributed by atoms with Crippen molar-refractivity contribution in [2.75, 3.05) is 26.2 Å². The van der Waals surface area contributed by atoms with E-state index in [1.807, 2.05) is 24.3 Å². The number of nitrogens with one attached hydrogen (secondary N) is 2. The zero-order valence-electron chi connectivity index (χ0n) is 21.2. The molecular weight excluding hydrogens is 454 g/mol. The second kappa shape index (κ2) is 11.8. The van der Waals surface area contributed by atoms with E-state index >= 15 is 0 Å². The molecule has 36 heavy (non-hydrogen) atoms. The van der Waals surface area contributed by atoms with Crippen LogP contribution in [0.3, 0.4) is 0 Å². The Labute approximate surface area is 213 Å². The summed E-state index contributed by atoms with van der Waals surface area (Å²) in [4.78, 5) is 41.5. The highest BCUT2D eigenvalue weighted by atomic mass is 16.5. The molecule has 2 amide bonds. The molecule has 7 heteroatoms. The number of hydrogen-bond donors (Lipinski definition) is 2. The van der Waals surface area contributed by atoms with Gasteiger partial charge in [0.15, 0.2) is 5.78 Å². The molecule has 0 aromatic heterocycles. The Morgan fingerprint density at radius 1 is 1.03 bits per heavy atom. The Morgan fingerprint density at radius 3 is 2.33 bits per heavy atom. The standard InChI is InChI=1S/C29H37N3O4/c1-29(2,17-21-11-5-3-6-12-21)18-23(30-27(34)22-13-7-4-8-14-22)28(35)31-26-24(33)20-36-25(26)19-32-15-9-10-16-32/h3-8,11-14,23,25-26H,9-10,15-20H2,1-2H3,(H,30,34)(H,31,35)/t23-,25?,26?/m0/s1. The number of likely N-dealkylation sites (tertiary alicyclic amines) is 1. The maximum absolute atomic E-state index is 13.6. The molecule has 192 valence electrons. The lowest BCUT2D eigenvalue weighted by Gasteiger charge is -2.31. The molecule has 2 aliphatic rings. The third-order valence-corrected chi connectivity index (χ3v) is 7.03. The molecule has 0 aliphatic carbocycles. The van der Waals surface area contributed by atoms with Gasteiger partial charge in [-0.05, 0) is 61.9 Å². The average Bonchev–Trinajstić information content (AvgIpc) is 3.50. The molecule has 3 atom stereocenters. The second-order valence-electron chi connectivity index (χ2n) is 10.7. The third kappa shape index (κ3) is 7.02. The van der Waals surface area contributed by atoms with Crippen LogP contribution in [0.1, 0.15) is 49.0 Å². The lowest BCUT2D eigenvalue weighted by molar-refractivity contribution is -0.128. The van der Waals surface area contributed by atoms with Gasteiger partial charge in [-0.15, -0.1) is 0 Å². The normalized spacial score (nSPS) is 21.3. The molecule has 2 aromatic carbocycles. The van der Waals surface area contributed by atoms with Crippen molar-refractivity contribution < 1.29 is 19.1 Å². The highest BCUT2D eigenvalue weighted by Crippen LogP contribution is 2.28. The van der Waals surface area contributed by atoms with Crippen LogP contribution in [0.25, 0.3) is 0 Å². The predicted molar refractivity (Wildman–Crippen MR) is 139 cm³/mol. The monoisotopic (exact) mass is 491 g/mol. The summed E-state index contributed by atoms with van der Waals surface area (Å²) in [6.07, 6.45) is 3.08. The Bertz CT molecular complexity index is 1030. The minimum absolute atomic E-state index is 0.00396. The van der Waals surface area contributed by atoms with Gasteiger partial charge in [-0.1, -0.05) is 62.4 Å². The van der Waals surface area contributed by atoms with E-state index in [9.17, 15) is 14.4 Å². The highest BCUT2D eigenvalue weighted by Gasteiger charge is 2.40. The summed E-state index contributed by atoms with van der Waals surface area (Å²) in [6.45, 7) is 6.78. The van der Waals surface area contributed by atoms with Gasteiger partial charge in [0.1, 0.15) is 18.7 Å². The minimum Gasteiger partial charge on any atom is -0.366 e. The van der Waals surface area contributed by atoms with Crippen molar-refractivity contribution >= 4 is 17.6 Å². The molecule has 2 heterocycles. The molecule has 2 aliphatic heterocycles. The van der Waals surface area contributed by atoms with Gasteiger partial charge in [-0.25, -0.2) is 0 Å². The number of ether oxygens (including phenoxy) is 1. The lowest BCUT2D eigenvalue weighted by atomic mass is 9.79.